The van der Waals surface area contributed by atoms with Gasteiger partial charge in [0.05, 0.1) is 0 Å². The van der Waals surface area contributed by atoms with Gasteiger partial charge in [-0.15, -0.1) is 0 Å². The predicted octanol–water partition coefficient (Wildman–Crippen LogP) is 3.63. The Balaban J connectivity index is 2.20. The van der Waals surface area contributed by atoms with E-state index in [1.165, 1.54) is 6.20 Å². The van der Waals surface area contributed by atoms with Crippen molar-refractivity contribution in [3.8, 4) is 0 Å². The van der Waals surface area contributed by atoms with E-state index < -0.39 is 5.97 Å². The molecule has 0 amide bonds. The summed E-state index contributed by atoms with van der Waals surface area (Å²) in [7, 11) is 1.94. The van der Waals surface area contributed by atoms with Gasteiger partial charge in [0.2, 0.25) is 0 Å². The van der Waals surface area contributed by atoms with Gasteiger partial charge in [-0.2, -0.15) is 0 Å². The molecule has 0 aliphatic rings. The van der Waals surface area contributed by atoms with Gasteiger partial charge in [-0.25, -0.2) is 9.78 Å². The van der Waals surface area contributed by atoms with Crippen LogP contribution in [0.25, 0.3) is 0 Å². The maximum atomic E-state index is 11.2. The Morgan fingerprint density at radius 1 is 1.33 bits per heavy atom. The minimum absolute atomic E-state index is 0.0700. The first-order valence-electron chi connectivity index (χ1n) is 6.62. The van der Waals surface area contributed by atoms with Crippen molar-refractivity contribution in [3.63, 3.8) is 0 Å². The van der Waals surface area contributed by atoms with Gasteiger partial charge in [-0.1, -0.05) is 35.9 Å². The van der Waals surface area contributed by atoms with Crippen LogP contribution in [0.1, 0.15) is 34.6 Å². The molecule has 0 aliphatic carbocycles. The molecule has 1 N–H and O–H groups in total. The van der Waals surface area contributed by atoms with Gasteiger partial charge in [-0.3, -0.25) is 4.90 Å². The first kappa shape index (κ1) is 15.5. The van der Waals surface area contributed by atoms with E-state index in [-0.39, 0.29) is 11.7 Å². The second-order valence-electron chi connectivity index (χ2n) is 4.93. The Morgan fingerprint density at radius 2 is 2.05 bits per heavy atom. The number of benzene rings is 1. The number of aromatic carboxylic acids is 1. The molecule has 1 heterocycles. The molecule has 1 aromatic carbocycles. The van der Waals surface area contributed by atoms with E-state index in [1.54, 1.807) is 12.1 Å². The van der Waals surface area contributed by atoms with Gasteiger partial charge in [0, 0.05) is 23.8 Å². The van der Waals surface area contributed by atoms with Gasteiger partial charge >= 0.3 is 5.97 Å². The Kier molecular flexibility index (Phi) is 4.94. The molecule has 0 fully saturated rings. The van der Waals surface area contributed by atoms with E-state index in [0.717, 1.165) is 5.56 Å². The lowest BCUT2D eigenvalue weighted by Crippen LogP contribution is -2.23. The summed E-state index contributed by atoms with van der Waals surface area (Å²) in [5.74, 6) is -1.01. The number of carbonyl (C=O) groups is 1. The number of carboxylic acids is 1. The SMILES string of the molecule is CC(c1ccccc1Cl)N(C)Cc1cccnc1C(=O)O. The fraction of sp³-hybridized carbons (Fsp3) is 0.250. The number of nitrogens with zero attached hydrogens (tertiary/aromatic N) is 2. The van der Waals surface area contributed by atoms with Crippen molar-refractivity contribution in [1.82, 2.24) is 9.88 Å². The van der Waals surface area contributed by atoms with Crippen molar-refractivity contribution in [2.45, 2.75) is 19.5 Å². The van der Waals surface area contributed by atoms with Crippen LogP contribution in [0, 0.1) is 0 Å². The molecule has 0 saturated heterocycles. The largest absolute Gasteiger partial charge is 0.477 e. The molecule has 110 valence electrons. The molecule has 4 nitrogen and oxygen atoms in total. The fourth-order valence-electron chi connectivity index (χ4n) is 2.22. The molecule has 0 spiro atoms. The Hall–Kier alpha value is -1.91. The van der Waals surface area contributed by atoms with Crippen LogP contribution in [0.15, 0.2) is 42.6 Å². The molecular weight excluding hydrogens is 288 g/mol. The van der Waals surface area contributed by atoms with Crippen molar-refractivity contribution in [2.24, 2.45) is 0 Å². The van der Waals surface area contributed by atoms with Crippen LogP contribution in [-0.2, 0) is 6.54 Å². The quantitative estimate of drug-likeness (QED) is 0.916. The highest BCUT2D eigenvalue weighted by molar-refractivity contribution is 6.31. The average molecular weight is 305 g/mol. The van der Waals surface area contributed by atoms with Crippen LogP contribution in [0.2, 0.25) is 5.02 Å². The van der Waals surface area contributed by atoms with Crippen LogP contribution in [0.5, 0.6) is 0 Å². The van der Waals surface area contributed by atoms with Gasteiger partial charge < -0.3 is 5.11 Å². The second kappa shape index (κ2) is 6.70. The summed E-state index contributed by atoms with van der Waals surface area (Å²) in [5.41, 5.74) is 1.80. The number of pyridine rings is 1. The van der Waals surface area contributed by atoms with Crippen molar-refractivity contribution in [3.05, 3.63) is 64.4 Å². The van der Waals surface area contributed by atoms with Crippen molar-refractivity contribution < 1.29 is 9.90 Å². The van der Waals surface area contributed by atoms with Crippen LogP contribution in [0.3, 0.4) is 0 Å². The van der Waals surface area contributed by atoms with E-state index in [4.69, 9.17) is 11.6 Å². The van der Waals surface area contributed by atoms with Gasteiger partial charge in [0.25, 0.3) is 0 Å². The minimum atomic E-state index is -1.01. The molecule has 2 aromatic rings. The fourth-order valence-corrected chi connectivity index (χ4v) is 2.51. The standard InChI is InChI=1S/C16H17ClN2O2/c1-11(13-7-3-4-8-14(13)17)19(2)10-12-6-5-9-18-15(12)16(20)21/h3-9,11H,10H2,1-2H3,(H,20,21). The minimum Gasteiger partial charge on any atom is -0.477 e. The molecule has 0 saturated carbocycles. The summed E-state index contributed by atoms with van der Waals surface area (Å²) in [4.78, 5) is 17.2. The van der Waals surface area contributed by atoms with Crippen molar-refractivity contribution in [2.75, 3.05) is 7.05 Å². The summed E-state index contributed by atoms with van der Waals surface area (Å²) >= 11 is 6.21. The molecule has 1 unspecified atom stereocenters. The first-order chi connectivity index (χ1) is 10.0. The van der Waals surface area contributed by atoms with E-state index in [9.17, 15) is 9.90 Å². The zero-order valence-corrected chi connectivity index (χ0v) is 12.7. The van der Waals surface area contributed by atoms with Crippen LogP contribution in [0.4, 0.5) is 0 Å². The molecular formula is C16H17ClN2O2. The van der Waals surface area contributed by atoms with Crippen LogP contribution < -0.4 is 0 Å². The average Bonchev–Trinajstić information content (AvgIpc) is 2.47. The van der Waals surface area contributed by atoms with Crippen LogP contribution in [-0.4, -0.2) is 28.0 Å². The maximum Gasteiger partial charge on any atom is 0.354 e. The number of rotatable bonds is 5. The molecule has 0 radical (unpaired) electrons. The molecule has 21 heavy (non-hydrogen) atoms. The van der Waals surface area contributed by atoms with E-state index in [2.05, 4.69) is 4.98 Å². The number of aromatic nitrogens is 1. The molecule has 5 heteroatoms. The number of halogens is 1. The lowest BCUT2D eigenvalue weighted by atomic mass is 10.1. The molecule has 2 rings (SSSR count). The highest BCUT2D eigenvalue weighted by atomic mass is 35.5. The molecule has 0 bridgehead atoms. The third-order valence-electron chi connectivity index (χ3n) is 3.53. The normalized spacial score (nSPS) is 12.4. The van der Waals surface area contributed by atoms with Crippen molar-refractivity contribution in [1.29, 1.82) is 0 Å². The summed E-state index contributed by atoms with van der Waals surface area (Å²) in [6.07, 6.45) is 1.49. The zero-order chi connectivity index (χ0) is 15.4. The highest BCUT2D eigenvalue weighted by Crippen LogP contribution is 2.27. The Labute approximate surface area is 129 Å². The second-order valence-corrected chi connectivity index (χ2v) is 5.34. The summed E-state index contributed by atoms with van der Waals surface area (Å²) in [5, 5.41) is 9.89. The lowest BCUT2D eigenvalue weighted by molar-refractivity contribution is 0.0687. The highest BCUT2D eigenvalue weighted by Gasteiger charge is 2.18. The topological polar surface area (TPSA) is 53.4 Å². The Bertz CT molecular complexity index is 646. The van der Waals surface area contributed by atoms with E-state index >= 15 is 0 Å². The van der Waals surface area contributed by atoms with Gasteiger partial charge in [0.15, 0.2) is 5.69 Å². The monoisotopic (exact) mass is 304 g/mol. The van der Waals surface area contributed by atoms with Gasteiger partial charge in [0.1, 0.15) is 0 Å². The maximum absolute atomic E-state index is 11.2. The number of hydrogen-bond donors (Lipinski definition) is 1. The summed E-state index contributed by atoms with van der Waals surface area (Å²) < 4.78 is 0. The van der Waals surface area contributed by atoms with Gasteiger partial charge in [-0.05, 0) is 37.2 Å². The van der Waals surface area contributed by atoms with Crippen molar-refractivity contribution >= 4 is 17.6 Å². The molecule has 1 atom stereocenters. The summed E-state index contributed by atoms with van der Waals surface area (Å²) in [6, 6.07) is 11.3. The number of hydrogen-bond acceptors (Lipinski definition) is 3. The summed E-state index contributed by atoms with van der Waals surface area (Å²) in [6.45, 7) is 2.53. The van der Waals surface area contributed by atoms with E-state index in [1.807, 2.05) is 43.1 Å². The Morgan fingerprint density at radius 3 is 2.71 bits per heavy atom. The zero-order valence-electron chi connectivity index (χ0n) is 12.0. The molecule has 0 aliphatic heterocycles. The lowest BCUT2D eigenvalue weighted by Gasteiger charge is -2.26. The third-order valence-corrected chi connectivity index (χ3v) is 3.87. The first-order valence-corrected chi connectivity index (χ1v) is 7.00. The third kappa shape index (κ3) is 3.60. The predicted molar refractivity (Wildman–Crippen MR) is 82.5 cm³/mol. The van der Waals surface area contributed by atoms with Crippen LogP contribution >= 0.6 is 11.6 Å². The number of carboxylic acid groups (broad SMARTS) is 1. The molecule has 1 aromatic heterocycles. The smallest absolute Gasteiger partial charge is 0.354 e. The van der Waals surface area contributed by atoms with E-state index in [0.29, 0.717) is 17.1 Å².